The average molecular weight is 449 g/mol. The molecule has 0 radical (unpaired) electrons. The summed E-state index contributed by atoms with van der Waals surface area (Å²) in [7, 11) is 0. The highest BCUT2D eigenvalue weighted by molar-refractivity contribution is 5.82. The van der Waals surface area contributed by atoms with Crippen molar-refractivity contribution < 1.29 is 4.42 Å². The molecule has 0 N–H and O–H groups in total. The number of fused-ring (bicyclic) bond motifs is 1. The zero-order valence-electron chi connectivity index (χ0n) is 21.1. The first-order chi connectivity index (χ1) is 16.3. The molecular weight excluding hydrogens is 404 g/mol. The van der Waals surface area contributed by atoms with E-state index in [1.54, 1.807) is 0 Å². The van der Waals surface area contributed by atoms with Gasteiger partial charge in [0, 0.05) is 29.8 Å². The third kappa shape index (κ3) is 8.95. The fraction of sp³-hybridized carbons (Fsp3) is 0.600. The Kier molecular flexibility index (Phi) is 11.5. The second-order valence-corrected chi connectivity index (χ2v) is 9.62. The SMILES string of the molecule is CCCCCCCCCCc1cnc(-c2ccc3oc(CCCCCCCC)cc3c2)nc1. The molecule has 0 aliphatic carbocycles. The van der Waals surface area contributed by atoms with Crippen molar-refractivity contribution in [3.05, 3.63) is 48.0 Å². The quantitative estimate of drug-likeness (QED) is 0.193. The first-order valence-corrected chi connectivity index (χ1v) is 13.6. The predicted octanol–water partition coefficient (Wildman–Crippen LogP) is 9.48. The molecule has 180 valence electrons. The molecule has 0 fully saturated rings. The second kappa shape index (κ2) is 14.9. The molecule has 0 unspecified atom stereocenters. The van der Waals surface area contributed by atoms with Gasteiger partial charge in [0.2, 0.25) is 0 Å². The van der Waals surface area contributed by atoms with Gasteiger partial charge in [0.1, 0.15) is 11.3 Å². The Labute approximate surface area is 201 Å². The van der Waals surface area contributed by atoms with E-state index in [0.29, 0.717) is 0 Å². The molecule has 0 saturated heterocycles. The first-order valence-electron chi connectivity index (χ1n) is 13.6. The maximum atomic E-state index is 6.06. The Bertz CT molecular complexity index is 913. The largest absolute Gasteiger partial charge is 0.461 e. The lowest BCUT2D eigenvalue weighted by Crippen LogP contribution is -1.93. The van der Waals surface area contributed by atoms with Gasteiger partial charge in [0.05, 0.1) is 0 Å². The van der Waals surface area contributed by atoms with Gasteiger partial charge in [-0.05, 0) is 49.1 Å². The van der Waals surface area contributed by atoms with Crippen molar-refractivity contribution in [2.24, 2.45) is 0 Å². The average Bonchev–Trinajstić information content (AvgIpc) is 3.25. The normalized spacial score (nSPS) is 11.5. The molecule has 2 aromatic heterocycles. The van der Waals surface area contributed by atoms with E-state index < -0.39 is 0 Å². The minimum Gasteiger partial charge on any atom is -0.461 e. The van der Waals surface area contributed by atoms with Crippen LogP contribution in [0.3, 0.4) is 0 Å². The van der Waals surface area contributed by atoms with Crippen LogP contribution in [0.15, 0.2) is 41.1 Å². The van der Waals surface area contributed by atoms with Crippen LogP contribution in [0, 0.1) is 0 Å². The van der Waals surface area contributed by atoms with Crippen LogP contribution in [0.4, 0.5) is 0 Å². The topological polar surface area (TPSA) is 38.9 Å². The van der Waals surface area contributed by atoms with Crippen molar-refractivity contribution in [1.82, 2.24) is 9.97 Å². The fourth-order valence-corrected chi connectivity index (χ4v) is 4.54. The van der Waals surface area contributed by atoms with Crippen LogP contribution in [0.5, 0.6) is 0 Å². The van der Waals surface area contributed by atoms with E-state index in [-0.39, 0.29) is 0 Å². The van der Waals surface area contributed by atoms with Gasteiger partial charge < -0.3 is 4.42 Å². The number of aromatic nitrogens is 2. The van der Waals surface area contributed by atoms with Gasteiger partial charge in [-0.1, -0.05) is 90.9 Å². The molecule has 1 aromatic carbocycles. The Morgan fingerprint density at radius 2 is 1.21 bits per heavy atom. The molecular formula is C30H44N2O. The molecule has 3 nitrogen and oxygen atoms in total. The zero-order valence-corrected chi connectivity index (χ0v) is 21.1. The van der Waals surface area contributed by atoms with Crippen LogP contribution < -0.4 is 0 Å². The van der Waals surface area contributed by atoms with E-state index in [2.05, 4.69) is 48.1 Å². The zero-order chi connectivity index (χ0) is 23.1. The highest BCUT2D eigenvalue weighted by atomic mass is 16.3. The van der Waals surface area contributed by atoms with Gasteiger partial charge in [-0.25, -0.2) is 9.97 Å². The number of furan rings is 1. The van der Waals surface area contributed by atoms with Gasteiger partial charge in [0.25, 0.3) is 0 Å². The maximum absolute atomic E-state index is 6.06. The van der Waals surface area contributed by atoms with E-state index in [9.17, 15) is 0 Å². The minimum absolute atomic E-state index is 0.801. The van der Waals surface area contributed by atoms with Crippen molar-refractivity contribution in [1.29, 1.82) is 0 Å². The van der Waals surface area contributed by atoms with Crippen LogP contribution in [-0.2, 0) is 12.8 Å². The molecule has 0 amide bonds. The maximum Gasteiger partial charge on any atom is 0.159 e. The van der Waals surface area contributed by atoms with E-state index in [1.807, 2.05) is 12.4 Å². The van der Waals surface area contributed by atoms with Crippen LogP contribution in [0.1, 0.15) is 115 Å². The van der Waals surface area contributed by atoms with Gasteiger partial charge in [-0.2, -0.15) is 0 Å². The van der Waals surface area contributed by atoms with Crippen molar-refractivity contribution in [2.45, 2.75) is 117 Å². The number of hydrogen-bond acceptors (Lipinski definition) is 3. The highest BCUT2D eigenvalue weighted by Crippen LogP contribution is 2.26. The van der Waals surface area contributed by atoms with Gasteiger partial charge in [0.15, 0.2) is 5.82 Å². The molecule has 3 rings (SSSR count). The molecule has 3 aromatic rings. The van der Waals surface area contributed by atoms with Crippen LogP contribution >= 0.6 is 0 Å². The Morgan fingerprint density at radius 3 is 1.85 bits per heavy atom. The number of aryl methyl sites for hydroxylation is 2. The third-order valence-corrected chi connectivity index (χ3v) is 6.63. The summed E-state index contributed by atoms with van der Waals surface area (Å²) in [6.45, 7) is 4.54. The molecule has 2 heterocycles. The number of unbranched alkanes of at least 4 members (excludes halogenated alkanes) is 12. The summed E-state index contributed by atoms with van der Waals surface area (Å²) in [4.78, 5) is 9.31. The molecule has 3 heteroatoms. The Hall–Kier alpha value is -2.16. The summed E-state index contributed by atoms with van der Waals surface area (Å²) in [6, 6.07) is 8.50. The second-order valence-electron chi connectivity index (χ2n) is 9.62. The van der Waals surface area contributed by atoms with Crippen molar-refractivity contribution in [3.8, 4) is 11.4 Å². The first kappa shape index (κ1) is 25.5. The smallest absolute Gasteiger partial charge is 0.159 e. The summed E-state index contributed by atoms with van der Waals surface area (Å²) in [5.74, 6) is 1.90. The standard InChI is InChI=1S/C30H44N2O/c1-3-5-7-9-11-12-13-15-17-25-23-31-30(32-24-25)26-19-20-29-27(21-26)22-28(33-29)18-16-14-10-8-6-4-2/h19-24H,3-18H2,1-2H3. The summed E-state index contributed by atoms with van der Waals surface area (Å²) in [5, 5.41) is 1.15. The molecule has 0 spiro atoms. The lowest BCUT2D eigenvalue weighted by atomic mass is 10.1. The van der Waals surface area contributed by atoms with E-state index in [0.717, 1.165) is 41.0 Å². The molecule has 0 aliphatic rings. The van der Waals surface area contributed by atoms with Crippen LogP contribution in [0.2, 0.25) is 0 Å². The molecule has 0 atom stereocenters. The Morgan fingerprint density at radius 1 is 0.636 bits per heavy atom. The lowest BCUT2D eigenvalue weighted by Gasteiger charge is -2.04. The Balaban J connectivity index is 1.44. The van der Waals surface area contributed by atoms with E-state index in [1.165, 1.54) is 95.5 Å². The van der Waals surface area contributed by atoms with Crippen LogP contribution in [0.25, 0.3) is 22.4 Å². The number of benzene rings is 1. The van der Waals surface area contributed by atoms with Crippen LogP contribution in [-0.4, -0.2) is 9.97 Å². The highest BCUT2D eigenvalue weighted by Gasteiger charge is 2.08. The monoisotopic (exact) mass is 448 g/mol. The molecule has 0 saturated carbocycles. The summed E-state index contributed by atoms with van der Waals surface area (Å²) >= 11 is 0. The number of hydrogen-bond donors (Lipinski definition) is 0. The van der Waals surface area contributed by atoms with Crippen molar-refractivity contribution in [2.75, 3.05) is 0 Å². The minimum atomic E-state index is 0.801. The third-order valence-electron chi connectivity index (χ3n) is 6.63. The summed E-state index contributed by atoms with van der Waals surface area (Å²) < 4.78 is 6.06. The molecule has 0 bridgehead atoms. The molecule has 33 heavy (non-hydrogen) atoms. The van der Waals surface area contributed by atoms with Gasteiger partial charge >= 0.3 is 0 Å². The number of rotatable bonds is 17. The summed E-state index contributed by atoms with van der Waals surface area (Å²) in [5.41, 5.74) is 3.27. The van der Waals surface area contributed by atoms with Crippen molar-refractivity contribution >= 4 is 11.0 Å². The summed E-state index contributed by atoms with van der Waals surface area (Å²) in [6.07, 6.45) is 24.8. The predicted molar refractivity (Wildman–Crippen MR) is 141 cm³/mol. The lowest BCUT2D eigenvalue weighted by molar-refractivity contribution is 0.521. The van der Waals surface area contributed by atoms with E-state index >= 15 is 0 Å². The van der Waals surface area contributed by atoms with E-state index in [4.69, 9.17) is 4.42 Å². The van der Waals surface area contributed by atoms with Crippen molar-refractivity contribution in [3.63, 3.8) is 0 Å². The van der Waals surface area contributed by atoms with Gasteiger partial charge in [-0.15, -0.1) is 0 Å². The number of nitrogens with zero attached hydrogens (tertiary/aromatic N) is 2. The van der Waals surface area contributed by atoms with Gasteiger partial charge in [-0.3, -0.25) is 0 Å². The fourth-order valence-electron chi connectivity index (χ4n) is 4.54. The molecule has 0 aliphatic heterocycles.